The number of nitrogens with two attached hydrogens (primary N) is 1. The van der Waals surface area contributed by atoms with E-state index >= 15 is 0 Å². The van der Waals surface area contributed by atoms with E-state index in [1.54, 1.807) is 7.11 Å². The lowest BCUT2D eigenvalue weighted by atomic mass is 9.78. The molecule has 1 aliphatic rings. The summed E-state index contributed by atoms with van der Waals surface area (Å²) in [5.41, 5.74) is 7.38. The molecule has 2 heteroatoms. The Hall–Kier alpha value is -1.02. The lowest BCUT2D eigenvalue weighted by Crippen LogP contribution is -2.26. The first-order chi connectivity index (χ1) is 6.81. The minimum absolute atomic E-state index is 0.217. The van der Waals surface area contributed by atoms with E-state index in [2.05, 4.69) is 12.1 Å². The van der Waals surface area contributed by atoms with Crippen molar-refractivity contribution in [1.29, 1.82) is 0 Å². The molecule has 1 aromatic carbocycles. The van der Waals surface area contributed by atoms with Crippen molar-refractivity contribution < 1.29 is 4.74 Å². The van der Waals surface area contributed by atoms with Crippen molar-refractivity contribution in [3.05, 3.63) is 29.8 Å². The molecule has 1 atom stereocenters. The molecule has 0 unspecified atom stereocenters. The fourth-order valence-corrected chi connectivity index (χ4v) is 1.90. The quantitative estimate of drug-likeness (QED) is 0.796. The summed E-state index contributed by atoms with van der Waals surface area (Å²) in [6, 6.07) is 8.32. The molecule has 0 bridgehead atoms. The van der Waals surface area contributed by atoms with Gasteiger partial charge in [-0.1, -0.05) is 18.6 Å². The van der Waals surface area contributed by atoms with Crippen molar-refractivity contribution >= 4 is 0 Å². The minimum atomic E-state index is 0.217. The predicted molar refractivity (Wildman–Crippen MR) is 57.3 cm³/mol. The normalized spacial score (nSPS) is 18.7. The zero-order valence-corrected chi connectivity index (χ0v) is 8.57. The lowest BCUT2D eigenvalue weighted by Gasteiger charge is -2.31. The Morgan fingerprint density at radius 3 is 2.36 bits per heavy atom. The molecule has 1 aliphatic carbocycles. The third-order valence-electron chi connectivity index (χ3n) is 3.16. The maximum Gasteiger partial charge on any atom is 0.118 e. The molecule has 0 aliphatic heterocycles. The van der Waals surface area contributed by atoms with E-state index in [0.29, 0.717) is 5.92 Å². The third-order valence-corrected chi connectivity index (χ3v) is 3.16. The van der Waals surface area contributed by atoms with Gasteiger partial charge in [0.1, 0.15) is 5.75 Å². The van der Waals surface area contributed by atoms with Crippen LogP contribution in [0, 0.1) is 5.92 Å². The van der Waals surface area contributed by atoms with Crippen molar-refractivity contribution in [1.82, 2.24) is 0 Å². The van der Waals surface area contributed by atoms with Crippen LogP contribution in [-0.4, -0.2) is 7.11 Å². The molecule has 2 N–H and O–H groups in total. The largest absolute Gasteiger partial charge is 0.497 e. The maximum absolute atomic E-state index is 6.15. The average molecular weight is 191 g/mol. The van der Waals surface area contributed by atoms with Crippen LogP contribution in [0.2, 0.25) is 0 Å². The summed E-state index contributed by atoms with van der Waals surface area (Å²) in [6.07, 6.45) is 3.91. The highest BCUT2D eigenvalue weighted by Gasteiger charge is 2.25. The highest BCUT2D eigenvalue weighted by Crippen LogP contribution is 2.36. The summed E-state index contributed by atoms with van der Waals surface area (Å²) in [5, 5.41) is 0. The van der Waals surface area contributed by atoms with Crippen LogP contribution in [0.1, 0.15) is 30.9 Å². The van der Waals surface area contributed by atoms with E-state index in [-0.39, 0.29) is 6.04 Å². The summed E-state index contributed by atoms with van der Waals surface area (Å²) in [4.78, 5) is 0. The monoisotopic (exact) mass is 191 g/mol. The van der Waals surface area contributed by atoms with Crippen molar-refractivity contribution in [3.63, 3.8) is 0 Å². The van der Waals surface area contributed by atoms with E-state index in [9.17, 15) is 0 Å². The van der Waals surface area contributed by atoms with Crippen molar-refractivity contribution in [2.75, 3.05) is 7.11 Å². The smallest absolute Gasteiger partial charge is 0.118 e. The molecule has 76 valence electrons. The zero-order chi connectivity index (χ0) is 9.97. The van der Waals surface area contributed by atoms with Gasteiger partial charge in [-0.3, -0.25) is 0 Å². The maximum atomic E-state index is 6.15. The van der Waals surface area contributed by atoms with Gasteiger partial charge in [0.2, 0.25) is 0 Å². The topological polar surface area (TPSA) is 35.2 Å². The van der Waals surface area contributed by atoms with Crippen molar-refractivity contribution in [3.8, 4) is 5.75 Å². The first-order valence-electron chi connectivity index (χ1n) is 5.21. The number of rotatable bonds is 3. The second kappa shape index (κ2) is 4.01. The molecule has 0 saturated heterocycles. The zero-order valence-electron chi connectivity index (χ0n) is 8.57. The van der Waals surface area contributed by atoms with Crippen molar-refractivity contribution in [2.24, 2.45) is 11.7 Å². The molecule has 0 amide bonds. The summed E-state index contributed by atoms with van der Waals surface area (Å²) in [6.45, 7) is 0. The van der Waals surface area contributed by atoms with Gasteiger partial charge >= 0.3 is 0 Å². The van der Waals surface area contributed by atoms with Gasteiger partial charge in [-0.25, -0.2) is 0 Å². The van der Waals surface area contributed by atoms with Crippen LogP contribution in [0.5, 0.6) is 5.75 Å². The second-order valence-corrected chi connectivity index (χ2v) is 3.99. The molecule has 0 aromatic heterocycles. The van der Waals surface area contributed by atoms with Gasteiger partial charge in [-0.15, -0.1) is 0 Å². The van der Waals surface area contributed by atoms with Crippen LogP contribution in [0.3, 0.4) is 0 Å². The van der Waals surface area contributed by atoms with E-state index in [0.717, 1.165) is 5.75 Å². The first kappa shape index (κ1) is 9.53. The molecule has 1 saturated carbocycles. The molecule has 0 radical (unpaired) electrons. The van der Waals surface area contributed by atoms with E-state index < -0.39 is 0 Å². The fourth-order valence-electron chi connectivity index (χ4n) is 1.90. The Morgan fingerprint density at radius 1 is 1.29 bits per heavy atom. The number of ether oxygens (including phenoxy) is 1. The number of methoxy groups -OCH3 is 1. The Bertz CT molecular complexity index is 290. The standard InChI is InChI=1S/C12H17NO/c1-14-11-7-5-10(6-8-11)12(13)9-3-2-4-9/h5-9,12H,2-4,13H2,1H3/t12-/m1/s1. The highest BCUT2D eigenvalue weighted by molar-refractivity contribution is 5.29. The molecule has 0 spiro atoms. The van der Waals surface area contributed by atoms with Gasteiger partial charge in [0.15, 0.2) is 0 Å². The lowest BCUT2D eigenvalue weighted by molar-refractivity contribution is 0.264. The van der Waals surface area contributed by atoms with Gasteiger partial charge < -0.3 is 10.5 Å². The second-order valence-electron chi connectivity index (χ2n) is 3.99. The van der Waals surface area contributed by atoms with Gasteiger partial charge in [0.25, 0.3) is 0 Å². The molecular formula is C12H17NO. The van der Waals surface area contributed by atoms with Crippen molar-refractivity contribution in [2.45, 2.75) is 25.3 Å². The van der Waals surface area contributed by atoms with Crippen LogP contribution >= 0.6 is 0 Å². The Kier molecular flexibility index (Phi) is 2.73. The summed E-state index contributed by atoms with van der Waals surface area (Å²) < 4.78 is 5.11. The number of benzene rings is 1. The highest BCUT2D eigenvalue weighted by atomic mass is 16.5. The fraction of sp³-hybridized carbons (Fsp3) is 0.500. The molecule has 1 fully saturated rings. The third kappa shape index (κ3) is 1.75. The Morgan fingerprint density at radius 2 is 1.93 bits per heavy atom. The van der Waals surface area contributed by atoms with E-state index in [1.807, 2.05) is 12.1 Å². The molecule has 1 aromatic rings. The summed E-state index contributed by atoms with van der Waals surface area (Å²) in [7, 11) is 1.68. The molecule has 14 heavy (non-hydrogen) atoms. The van der Waals surface area contributed by atoms with Gasteiger partial charge in [-0.2, -0.15) is 0 Å². The number of hydrogen-bond acceptors (Lipinski definition) is 2. The molecule has 2 nitrogen and oxygen atoms in total. The van der Waals surface area contributed by atoms with Gasteiger partial charge in [0.05, 0.1) is 7.11 Å². The SMILES string of the molecule is COc1ccc([C@H](N)C2CCC2)cc1. The summed E-state index contributed by atoms with van der Waals surface area (Å²) in [5.74, 6) is 1.60. The Balaban J connectivity index is 2.07. The minimum Gasteiger partial charge on any atom is -0.497 e. The molecular weight excluding hydrogens is 174 g/mol. The van der Waals surface area contributed by atoms with Crippen LogP contribution in [-0.2, 0) is 0 Å². The molecule has 0 heterocycles. The van der Waals surface area contributed by atoms with Crippen LogP contribution < -0.4 is 10.5 Å². The first-order valence-corrected chi connectivity index (χ1v) is 5.21. The number of hydrogen-bond donors (Lipinski definition) is 1. The van der Waals surface area contributed by atoms with Crippen LogP contribution in [0.15, 0.2) is 24.3 Å². The average Bonchev–Trinajstić information content (AvgIpc) is 2.15. The van der Waals surface area contributed by atoms with Crippen LogP contribution in [0.4, 0.5) is 0 Å². The predicted octanol–water partition coefficient (Wildman–Crippen LogP) is 2.50. The van der Waals surface area contributed by atoms with Gasteiger partial charge in [-0.05, 0) is 36.5 Å². The van der Waals surface area contributed by atoms with Gasteiger partial charge in [0, 0.05) is 6.04 Å². The van der Waals surface area contributed by atoms with Crippen LogP contribution in [0.25, 0.3) is 0 Å². The van der Waals surface area contributed by atoms with E-state index in [1.165, 1.54) is 24.8 Å². The summed E-state index contributed by atoms with van der Waals surface area (Å²) >= 11 is 0. The Labute approximate surface area is 85.1 Å². The molecule has 2 rings (SSSR count). The van der Waals surface area contributed by atoms with E-state index in [4.69, 9.17) is 10.5 Å².